The zero-order valence-electron chi connectivity index (χ0n) is 7.14. The van der Waals surface area contributed by atoms with Crippen molar-refractivity contribution in [1.82, 2.24) is 19.9 Å². The third-order valence-corrected chi connectivity index (χ3v) is 1.60. The summed E-state index contributed by atoms with van der Waals surface area (Å²) < 4.78 is 6.63. The highest BCUT2D eigenvalue weighted by Crippen LogP contribution is 2.14. The maximum absolute atomic E-state index is 5.34. The second-order valence-corrected chi connectivity index (χ2v) is 2.62. The fourth-order valence-electron chi connectivity index (χ4n) is 0.986. The standard InChI is InChI=1S/C7H9N5O/c1-12-4-5(3-9-12)7-10-6(2-8)11-13-7/h3-4H,2,8H2,1H3. The van der Waals surface area contributed by atoms with E-state index in [0.717, 1.165) is 5.56 Å². The average Bonchev–Trinajstić information content (AvgIpc) is 2.71. The predicted octanol–water partition coefficient (Wildman–Crippen LogP) is -0.0712. The summed E-state index contributed by atoms with van der Waals surface area (Å²) in [6.07, 6.45) is 3.46. The first-order valence-electron chi connectivity index (χ1n) is 3.81. The van der Waals surface area contributed by atoms with Crippen LogP contribution in [0.3, 0.4) is 0 Å². The van der Waals surface area contributed by atoms with Crippen LogP contribution in [0, 0.1) is 0 Å². The summed E-state index contributed by atoms with van der Waals surface area (Å²) in [5, 5.41) is 7.66. The molecule has 0 radical (unpaired) electrons. The van der Waals surface area contributed by atoms with Crippen molar-refractivity contribution in [2.45, 2.75) is 6.54 Å². The molecule has 0 amide bonds. The van der Waals surface area contributed by atoms with Crippen LogP contribution in [0.2, 0.25) is 0 Å². The zero-order chi connectivity index (χ0) is 9.26. The molecule has 0 aliphatic carbocycles. The van der Waals surface area contributed by atoms with Crippen LogP contribution in [-0.4, -0.2) is 19.9 Å². The van der Waals surface area contributed by atoms with E-state index in [9.17, 15) is 0 Å². The van der Waals surface area contributed by atoms with Gasteiger partial charge in [-0.1, -0.05) is 5.16 Å². The molecule has 0 unspecified atom stereocenters. The summed E-state index contributed by atoms with van der Waals surface area (Å²) in [6, 6.07) is 0. The molecule has 6 heteroatoms. The molecule has 2 rings (SSSR count). The third-order valence-electron chi connectivity index (χ3n) is 1.60. The lowest BCUT2D eigenvalue weighted by Crippen LogP contribution is -1.97. The van der Waals surface area contributed by atoms with E-state index in [1.54, 1.807) is 17.1 Å². The molecule has 13 heavy (non-hydrogen) atoms. The van der Waals surface area contributed by atoms with Gasteiger partial charge in [-0.25, -0.2) is 0 Å². The molecule has 2 aromatic heterocycles. The van der Waals surface area contributed by atoms with E-state index in [1.165, 1.54) is 0 Å². The van der Waals surface area contributed by atoms with Gasteiger partial charge in [0.05, 0.1) is 18.3 Å². The molecule has 0 fully saturated rings. The van der Waals surface area contributed by atoms with Crippen LogP contribution < -0.4 is 5.73 Å². The van der Waals surface area contributed by atoms with E-state index >= 15 is 0 Å². The highest BCUT2D eigenvalue weighted by Gasteiger charge is 2.08. The quantitative estimate of drug-likeness (QED) is 0.697. The first-order chi connectivity index (χ1) is 6.29. The van der Waals surface area contributed by atoms with Crippen LogP contribution in [-0.2, 0) is 13.6 Å². The molecule has 2 heterocycles. The van der Waals surface area contributed by atoms with Crippen molar-refractivity contribution in [2.24, 2.45) is 12.8 Å². The Labute approximate surface area is 74.4 Å². The van der Waals surface area contributed by atoms with E-state index in [1.807, 2.05) is 7.05 Å². The molecule has 6 nitrogen and oxygen atoms in total. The third kappa shape index (κ3) is 1.43. The summed E-state index contributed by atoms with van der Waals surface area (Å²) in [5.74, 6) is 0.951. The first kappa shape index (κ1) is 7.93. The van der Waals surface area contributed by atoms with Gasteiger partial charge >= 0.3 is 0 Å². The van der Waals surface area contributed by atoms with E-state index < -0.39 is 0 Å². The van der Waals surface area contributed by atoms with Crippen molar-refractivity contribution in [3.05, 3.63) is 18.2 Å². The maximum Gasteiger partial charge on any atom is 0.261 e. The summed E-state index contributed by atoms with van der Waals surface area (Å²) in [7, 11) is 1.82. The Morgan fingerprint density at radius 1 is 1.62 bits per heavy atom. The molecular formula is C7H9N5O. The van der Waals surface area contributed by atoms with E-state index in [-0.39, 0.29) is 6.54 Å². The van der Waals surface area contributed by atoms with Crippen molar-refractivity contribution < 1.29 is 4.52 Å². The van der Waals surface area contributed by atoms with Crippen molar-refractivity contribution in [3.63, 3.8) is 0 Å². The number of nitrogens with two attached hydrogens (primary N) is 1. The summed E-state index contributed by atoms with van der Waals surface area (Å²) >= 11 is 0. The second-order valence-electron chi connectivity index (χ2n) is 2.62. The van der Waals surface area contributed by atoms with E-state index in [4.69, 9.17) is 10.3 Å². The van der Waals surface area contributed by atoms with Crippen LogP contribution in [0.15, 0.2) is 16.9 Å². The second kappa shape index (κ2) is 2.98. The van der Waals surface area contributed by atoms with Crippen molar-refractivity contribution in [1.29, 1.82) is 0 Å². The number of aromatic nitrogens is 4. The lowest BCUT2D eigenvalue weighted by molar-refractivity contribution is 0.423. The zero-order valence-corrected chi connectivity index (χ0v) is 7.14. The minimum absolute atomic E-state index is 0.282. The highest BCUT2D eigenvalue weighted by atomic mass is 16.5. The molecule has 0 aliphatic rings. The van der Waals surface area contributed by atoms with Gasteiger partial charge in [0.15, 0.2) is 5.82 Å². The van der Waals surface area contributed by atoms with Crippen molar-refractivity contribution in [2.75, 3.05) is 0 Å². The number of rotatable bonds is 2. The topological polar surface area (TPSA) is 82.8 Å². The molecule has 0 atom stereocenters. The summed E-state index contributed by atoms with van der Waals surface area (Å²) in [5.41, 5.74) is 6.14. The number of nitrogens with zero attached hydrogens (tertiary/aromatic N) is 4. The molecule has 0 bridgehead atoms. The first-order valence-corrected chi connectivity index (χ1v) is 3.81. The monoisotopic (exact) mass is 179 g/mol. The maximum atomic E-state index is 5.34. The van der Waals surface area contributed by atoms with Crippen LogP contribution in [0.4, 0.5) is 0 Å². The van der Waals surface area contributed by atoms with Crippen LogP contribution in [0.25, 0.3) is 11.5 Å². The van der Waals surface area contributed by atoms with Crippen LogP contribution in [0.1, 0.15) is 5.82 Å². The molecular weight excluding hydrogens is 170 g/mol. The minimum Gasteiger partial charge on any atom is -0.334 e. The van der Waals surface area contributed by atoms with Gasteiger partial charge in [0.1, 0.15) is 0 Å². The van der Waals surface area contributed by atoms with Gasteiger partial charge < -0.3 is 10.3 Å². The van der Waals surface area contributed by atoms with Gasteiger partial charge in [0.25, 0.3) is 5.89 Å². The van der Waals surface area contributed by atoms with Crippen LogP contribution in [0.5, 0.6) is 0 Å². The molecule has 2 aromatic rings. The van der Waals surface area contributed by atoms with Gasteiger partial charge in [0, 0.05) is 13.2 Å². The van der Waals surface area contributed by atoms with Crippen molar-refractivity contribution in [3.8, 4) is 11.5 Å². The molecule has 0 spiro atoms. The van der Waals surface area contributed by atoms with Crippen LogP contribution >= 0.6 is 0 Å². The molecule has 0 saturated heterocycles. The lowest BCUT2D eigenvalue weighted by atomic mass is 10.4. The molecule has 68 valence electrons. The lowest BCUT2D eigenvalue weighted by Gasteiger charge is -1.83. The van der Waals surface area contributed by atoms with E-state index in [2.05, 4.69) is 15.2 Å². The van der Waals surface area contributed by atoms with Gasteiger partial charge in [0.2, 0.25) is 0 Å². The summed E-state index contributed by atoms with van der Waals surface area (Å²) in [6.45, 7) is 0.282. The fraction of sp³-hybridized carbons (Fsp3) is 0.286. The normalized spacial score (nSPS) is 10.6. The van der Waals surface area contributed by atoms with Gasteiger partial charge in [-0.15, -0.1) is 0 Å². The SMILES string of the molecule is Cn1cc(-c2nc(CN)no2)cn1. The number of hydrogen-bond acceptors (Lipinski definition) is 5. The van der Waals surface area contributed by atoms with Gasteiger partial charge in [-0.3, -0.25) is 4.68 Å². The van der Waals surface area contributed by atoms with E-state index in [0.29, 0.717) is 11.7 Å². The Kier molecular flexibility index (Phi) is 1.82. The van der Waals surface area contributed by atoms with Gasteiger partial charge in [-0.05, 0) is 0 Å². The Hall–Kier alpha value is -1.69. The molecule has 2 N–H and O–H groups in total. The van der Waals surface area contributed by atoms with Gasteiger partial charge in [-0.2, -0.15) is 10.1 Å². The average molecular weight is 179 g/mol. The smallest absolute Gasteiger partial charge is 0.261 e. The minimum atomic E-state index is 0.282. The molecule has 0 aliphatic heterocycles. The number of aryl methyl sites for hydroxylation is 1. The predicted molar refractivity (Wildman–Crippen MR) is 44.4 cm³/mol. The Bertz CT molecular complexity index is 404. The Balaban J connectivity index is 2.35. The largest absolute Gasteiger partial charge is 0.334 e. The molecule has 0 saturated carbocycles. The molecule has 0 aromatic carbocycles. The fourth-order valence-corrected chi connectivity index (χ4v) is 0.986. The Morgan fingerprint density at radius 3 is 3.00 bits per heavy atom. The highest BCUT2D eigenvalue weighted by molar-refractivity contribution is 5.49. The van der Waals surface area contributed by atoms with Crippen molar-refractivity contribution >= 4 is 0 Å². The summed E-state index contributed by atoms with van der Waals surface area (Å²) in [4.78, 5) is 4.06. The number of hydrogen-bond donors (Lipinski definition) is 1. The Morgan fingerprint density at radius 2 is 2.46 bits per heavy atom.